The summed E-state index contributed by atoms with van der Waals surface area (Å²) in [6.07, 6.45) is -4.38. The maximum absolute atomic E-state index is 12.0. The number of hydrogen-bond acceptors (Lipinski definition) is 3. The summed E-state index contributed by atoms with van der Waals surface area (Å²) in [5.74, 6) is 1.84. The standard InChI is InChI=1S/C15H22F3N3O2/c1-19-14(21-10-8-15(16,17)18)20-9-3-11-23-13-6-4-12(22-2)5-7-13/h4-7H,3,8-11H2,1-2H3,(H2,19,20,21). The number of rotatable bonds is 8. The van der Waals surface area contributed by atoms with Crippen molar-refractivity contribution in [2.45, 2.75) is 19.0 Å². The van der Waals surface area contributed by atoms with Crippen molar-refractivity contribution >= 4 is 5.96 Å². The highest BCUT2D eigenvalue weighted by atomic mass is 19.4. The van der Waals surface area contributed by atoms with Crippen molar-refractivity contribution in [1.29, 1.82) is 0 Å². The lowest BCUT2D eigenvalue weighted by Gasteiger charge is -2.13. The quantitative estimate of drug-likeness (QED) is 0.436. The minimum absolute atomic E-state index is 0.203. The molecular weight excluding hydrogens is 311 g/mol. The Labute approximate surface area is 133 Å². The fraction of sp³-hybridized carbons (Fsp3) is 0.533. The molecule has 1 aromatic rings. The second kappa shape index (κ2) is 9.81. The molecule has 1 aromatic carbocycles. The Hall–Kier alpha value is -2.12. The maximum atomic E-state index is 12.0. The minimum Gasteiger partial charge on any atom is -0.497 e. The highest BCUT2D eigenvalue weighted by Gasteiger charge is 2.26. The smallest absolute Gasteiger partial charge is 0.390 e. The second-order valence-electron chi connectivity index (χ2n) is 4.67. The van der Waals surface area contributed by atoms with Crippen molar-refractivity contribution in [3.63, 3.8) is 0 Å². The van der Waals surface area contributed by atoms with E-state index in [2.05, 4.69) is 15.6 Å². The van der Waals surface area contributed by atoms with E-state index in [0.29, 0.717) is 25.5 Å². The molecule has 23 heavy (non-hydrogen) atoms. The third-order valence-electron chi connectivity index (χ3n) is 2.87. The lowest BCUT2D eigenvalue weighted by molar-refractivity contribution is -0.132. The third-order valence-corrected chi connectivity index (χ3v) is 2.87. The second-order valence-corrected chi connectivity index (χ2v) is 4.67. The number of methoxy groups -OCH3 is 1. The molecule has 130 valence electrons. The van der Waals surface area contributed by atoms with Crippen molar-refractivity contribution in [2.75, 3.05) is 33.9 Å². The Morgan fingerprint density at radius 3 is 2.26 bits per heavy atom. The SMILES string of the molecule is CN=C(NCCCOc1ccc(OC)cc1)NCCC(F)(F)F. The van der Waals surface area contributed by atoms with Gasteiger partial charge < -0.3 is 20.1 Å². The predicted molar refractivity (Wildman–Crippen MR) is 83.1 cm³/mol. The molecule has 0 aliphatic carbocycles. The summed E-state index contributed by atoms with van der Waals surface area (Å²) in [4.78, 5) is 3.85. The number of alkyl halides is 3. The van der Waals surface area contributed by atoms with Gasteiger partial charge in [-0.05, 0) is 30.7 Å². The molecule has 0 aliphatic heterocycles. The van der Waals surface area contributed by atoms with Crippen LogP contribution in [0.25, 0.3) is 0 Å². The van der Waals surface area contributed by atoms with Crippen molar-refractivity contribution < 1.29 is 22.6 Å². The van der Waals surface area contributed by atoms with Gasteiger partial charge in [-0.15, -0.1) is 0 Å². The summed E-state index contributed by atoms with van der Waals surface area (Å²) in [5, 5.41) is 5.54. The van der Waals surface area contributed by atoms with Gasteiger partial charge in [0.15, 0.2) is 5.96 Å². The van der Waals surface area contributed by atoms with Crippen LogP contribution in [-0.4, -0.2) is 46.0 Å². The number of halogens is 3. The van der Waals surface area contributed by atoms with Crippen LogP contribution in [0.3, 0.4) is 0 Å². The topological polar surface area (TPSA) is 54.9 Å². The summed E-state index contributed by atoms with van der Waals surface area (Å²) in [7, 11) is 3.11. The molecule has 8 heteroatoms. The minimum atomic E-state index is -4.17. The molecule has 0 unspecified atom stereocenters. The van der Waals surface area contributed by atoms with Gasteiger partial charge in [0.25, 0.3) is 0 Å². The highest BCUT2D eigenvalue weighted by molar-refractivity contribution is 5.79. The van der Waals surface area contributed by atoms with Crippen LogP contribution in [0.1, 0.15) is 12.8 Å². The molecule has 0 bridgehead atoms. The lowest BCUT2D eigenvalue weighted by atomic mass is 10.3. The molecule has 0 fully saturated rings. The molecule has 2 N–H and O–H groups in total. The summed E-state index contributed by atoms with van der Waals surface area (Å²) < 4.78 is 46.7. The van der Waals surface area contributed by atoms with Gasteiger partial charge in [0, 0.05) is 20.1 Å². The van der Waals surface area contributed by atoms with Gasteiger partial charge >= 0.3 is 6.18 Å². The number of nitrogens with zero attached hydrogens (tertiary/aromatic N) is 1. The Bertz CT molecular complexity index is 476. The maximum Gasteiger partial charge on any atom is 0.390 e. The fourth-order valence-corrected chi connectivity index (χ4v) is 1.68. The molecule has 0 saturated heterocycles. The van der Waals surface area contributed by atoms with E-state index in [-0.39, 0.29) is 6.54 Å². The average molecular weight is 333 g/mol. The molecule has 0 amide bonds. The Morgan fingerprint density at radius 1 is 1.09 bits per heavy atom. The van der Waals surface area contributed by atoms with Gasteiger partial charge in [0.2, 0.25) is 0 Å². The predicted octanol–water partition coefficient (Wildman–Crippen LogP) is 2.58. The number of nitrogens with one attached hydrogen (secondary N) is 2. The van der Waals surface area contributed by atoms with E-state index in [1.165, 1.54) is 7.05 Å². The molecule has 1 rings (SSSR count). The van der Waals surface area contributed by atoms with Crippen LogP contribution < -0.4 is 20.1 Å². The van der Waals surface area contributed by atoms with Crippen LogP contribution in [0.2, 0.25) is 0 Å². The van der Waals surface area contributed by atoms with E-state index in [1.54, 1.807) is 19.2 Å². The molecule has 0 heterocycles. The molecule has 0 saturated carbocycles. The van der Waals surface area contributed by atoms with E-state index in [0.717, 1.165) is 11.5 Å². The summed E-state index contributed by atoms with van der Waals surface area (Å²) >= 11 is 0. The zero-order chi connectivity index (χ0) is 17.1. The molecule has 0 spiro atoms. The largest absolute Gasteiger partial charge is 0.497 e. The van der Waals surface area contributed by atoms with Gasteiger partial charge in [-0.2, -0.15) is 13.2 Å². The molecule has 0 aliphatic rings. The summed E-state index contributed by atoms with van der Waals surface area (Å²) in [5.41, 5.74) is 0. The Balaban J connectivity index is 2.14. The Kier molecular flexibility index (Phi) is 8.07. The fourth-order valence-electron chi connectivity index (χ4n) is 1.68. The zero-order valence-corrected chi connectivity index (χ0v) is 13.2. The number of guanidine groups is 1. The average Bonchev–Trinajstić information content (AvgIpc) is 2.52. The van der Waals surface area contributed by atoms with E-state index >= 15 is 0 Å². The molecule has 0 radical (unpaired) electrons. The van der Waals surface area contributed by atoms with Crippen LogP contribution in [-0.2, 0) is 0 Å². The number of aliphatic imine (C=N–C) groups is 1. The highest BCUT2D eigenvalue weighted by Crippen LogP contribution is 2.18. The van der Waals surface area contributed by atoms with Gasteiger partial charge in [-0.3, -0.25) is 4.99 Å². The zero-order valence-electron chi connectivity index (χ0n) is 13.2. The molecular formula is C15H22F3N3O2. The summed E-state index contributed by atoms with van der Waals surface area (Å²) in [6, 6.07) is 7.23. The van der Waals surface area contributed by atoms with Crippen LogP contribution in [0, 0.1) is 0 Å². The van der Waals surface area contributed by atoms with Crippen LogP contribution in [0.4, 0.5) is 13.2 Å². The first-order chi connectivity index (χ1) is 10.9. The van der Waals surface area contributed by atoms with E-state index < -0.39 is 12.6 Å². The molecule has 0 atom stereocenters. The van der Waals surface area contributed by atoms with Gasteiger partial charge in [-0.25, -0.2) is 0 Å². The Morgan fingerprint density at radius 2 is 1.70 bits per heavy atom. The number of hydrogen-bond donors (Lipinski definition) is 2. The third kappa shape index (κ3) is 8.80. The van der Waals surface area contributed by atoms with Crippen LogP contribution in [0.15, 0.2) is 29.3 Å². The molecule has 0 aromatic heterocycles. The van der Waals surface area contributed by atoms with Crippen LogP contribution >= 0.6 is 0 Å². The van der Waals surface area contributed by atoms with Gasteiger partial charge in [0.1, 0.15) is 11.5 Å². The number of benzene rings is 1. The van der Waals surface area contributed by atoms with Gasteiger partial charge in [0.05, 0.1) is 20.1 Å². The lowest BCUT2D eigenvalue weighted by Crippen LogP contribution is -2.39. The van der Waals surface area contributed by atoms with Gasteiger partial charge in [-0.1, -0.05) is 0 Å². The van der Waals surface area contributed by atoms with E-state index in [4.69, 9.17) is 9.47 Å². The number of ether oxygens (including phenoxy) is 2. The van der Waals surface area contributed by atoms with Crippen molar-refractivity contribution in [3.05, 3.63) is 24.3 Å². The first-order valence-electron chi connectivity index (χ1n) is 7.22. The van der Waals surface area contributed by atoms with Crippen molar-refractivity contribution in [1.82, 2.24) is 10.6 Å². The first-order valence-corrected chi connectivity index (χ1v) is 7.22. The normalized spacial score (nSPS) is 12.0. The van der Waals surface area contributed by atoms with Crippen LogP contribution in [0.5, 0.6) is 11.5 Å². The van der Waals surface area contributed by atoms with Crippen molar-refractivity contribution in [3.8, 4) is 11.5 Å². The van der Waals surface area contributed by atoms with E-state index in [9.17, 15) is 13.2 Å². The summed E-state index contributed by atoms with van der Waals surface area (Å²) in [6.45, 7) is 0.826. The monoisotopic (exact) mass is 333 g/mol. The molecule has 5 nitrogen and oxygen atoms in total. The first kappa shape index (κ1) is 18.9. The van der Waals surface area contributed by atoms with E-state index in [1.807, 2.05) is 12.1 Å². The van der Waals surface area contributed by atoms with Crippen molar-refractivity contribution in [2.24, 2.45) is 4.99 Å².